The first-order valence-corrected chi connectivity index (χ1v) is 4.55. The van der Waals surface area contributed by atoms with E-state index in [4.69, 9.17) is 10.2 Å². The number of carbonyl (C=O) groups is 4. The van der Waals surface area contributed by atoms with E-state index >= 15 is 0 Å². The third-order valence-electron chi connectivity index (χ3n) is 3.01. The van der Waals surface area contributed by atoms with Crippen molar-refractivity contribution in [3.8, 4) is 0 Å². The average molecular weight is 246 g/mol. The largest absolute Gasteiger partial charge is 0.481 e. The van der Waals surface area contributed by atoms with E-state index in [2.05, 4.69) is 9.47 Å². The molecule has 0 spiro atoms. The van der Waals surface area contributed by atoms with Crippen LogP contribution in [0.5, 0.6) is 0 Å². The van der Waals surface area contributed by atoms with Gasteiger partial charge in [-0.3, -0.25) is 19.2 Å². The summed E-state index contributed by atoms with van der Waals surface area (Å²) >= 11 is 0. The molecule has 1 saturated carbocycles. The summed E-state index contributed by atoms with van der Waals surface area (Å²) in [6, 6.07) is 0. The van der Waals surface area contributed by atoms with Gasteiger partial charge in [0.1, 0.15) is 11.3 Å². The van der Waals surface area contributed by atoms with E-state index in [0.29, 0.717) is 0 Å². The minimum absolute atomic E-state index is 0.00884. The van der Waals surface area contributed by atoms with E-state index in [1.165, 1.54) is 0 Å². The molecule has 4 unspecified atom stereocenters. The van der Waals surface area contributed by atoms with Crippen molar-refractivity contribution in [2.75, 3.05) is 0 Å². The molecule has 8 heteroatoms. The van der Waals surface area contributed by atoms with Crippen LogP contribution in [0, 0.1) is 11.3 Å². The van der Waals surface area contributed by atoms with Crippen LogP contribution >= 0.6 is 0 Å². The molecule has 17 heavy (non-hydrogen) atoms. The van der Waals surface area contributed by atoms with E-state index in [9.17, 15) is 19.2 Å². The Hall–Kier alpha value is -2.12. The zero-order valence-electron chi connectivity index (χ0n) is 8.73. The predicted molar refractivity (Wildman–Crippen MR) is 48.7 cm³/mol. The molecule has 0 aliphatic heterocycles. The highest BCUT2D eigenvalue weighted by Crippen LogP contribution is 2.50. The van der Waals surface area contributed by atoms with E-state index in [1.54, 1.807) is 0 Å². The highest BCUT2D eigenvalue weighted by Gasteiger charge is 2.70. The fourth-order valence-corrected chi connectivity index (χ4v) is 2.06. The Morgan fingerprint density at radius 1 is 1.18 bits per heavy atom. The molecule has 0 saturated heterocycles. The molecular formula is C9H10O8. The van der Waals surface area contributed by atoms with Crippen molar-refractivity contribution in [1.29, 1.82) is 0 Å². The molecule has 1 rings (SSSR count). The molecule has 4 atom stereocenters. The van der Waals surface area contributed by atoms with Crippen LogP contribution in [0.4, 0.5) is 0 Å². The third-order valence-corrected chi connectivity index (χ3v) is 3.01. The van der Waals surface area contributed by atoms with Crippen LogP contribution in [0.3, 0.4) is 0 Å². The van der Waals surface area contributed by atoms with Gasteiger partial charge < -0.3 is 19.7 Å². The van der Waals surface area contributed by atoms with Gasteiger partial charge in [0.15, 0.2) is 12.2 Å². The average Bonchev–Trinajstić information content (AvgIpc) is 2.24. The molecule has 0 aromatic heterocycles. The molecule has 2 N–H and O–H groups in total. The summed E-state index contributed by atoms with van der Waals surface area (Å²) in [5.41, 5.74) is -1.82. The second-order valence-corrected chi connectivity index (χ2v) is 3.75. The highest BCUT2D eigenvalue weighted by molar-refractivity contribution is 5.87. The highest BCUT2D eigenvalue weighted by atomic mass is 16.6. The van der Waals surface area contributed by atoms with Gasteiger partial charge >= 0.3 is 11.9 Å². The van der Waals surface area contributed by atoms with Gasteiger partial charge in [-0.15, -0.1) is 0 Å². The van der Waals surface area contributed by atoms with Gasteiger partial charge in [-0.2, -0.15) is 0 Å². The zero-order valence-corrected chi connectivity index (χ0v) is 8.73. The van der Waals surface area contributed by atoms with Crippen LogP contribution in [0.1, 0.15) is 6.92 Å². The first kappa shape index (κ1) is 12.9. The van der Waals surface area contributed by atoms with Crippen LogP contribution in [-0.4, -0.2) is 47.3 Å². The Morgan fingerprint density at radius 3 is 2.06 bits per heavy atom. The summed E-state index contributed by atoms with van der Waals surface area (Å²) in [5, 5.41) is 17.9. The number of rotatable bonds is 6. The van der Waals surface area contributed by atoms with Gasteiger partial charge in [-0.1, -0.05) is 0 Å². The summed E-state index contributed by atoms with van der Waals surface area (Å²) in [7, 11) is 0. The Morgan fingerprint density at radius 2 is 1.71 bits per heavy atom. The lowest BCUT2D eigenvalue weighted by Crippen LogP contribution is -2.70. The Labute approximate surface area is 95.1 Å². The van der Waals surface area contributed by atoms with Gasteiger partial charge in [-0.25, -0.2) is 0 Å². The van der Waals surface area contributed by atoms with Gasteiger partial charge in [0.2, 0.25) is 0 Å². The quantitative estimate of drug-likeness (QED) is 0.564. The van der Waals surface area contributed by atoms with Crippen LogP contribution in [0.2, 0.25) is 0 Å². The van der Waals surface area contributed by atoms with Gasteiger partial charge in [0.25, 0.3) is 12.9 Å². The topological polar surface area (TPSA) is 127 Å². The monoisotopic (exact) mass is 246 g/mol. The van der Waals surface area contributed by atoms with Crippen molar-refractivity contribution in [1.82, 2.24) is 0 Å². The maximum absolute atomic E-state index is 11.1. The molecule has 1 aliphatic carbocycles. The number of ether oxygens (including phenoxy) is 2. The van der Waals surface area contributed by atoms with Crippen molar-refractivity contribution >= 4 is 24.9 Å². The van der Waals surface area contributed by atoms with Crippen molar-refractivity contribution < 1.29 is 38.9 Å². The predicted octanol–water partition coefficient (Wildman–Crippen LogP) is -1.13. The molecule has 0 radical (unpaired) electrons. The van der Waals surface area contributed by atoms with Crippen LogP contribution < -0.4 is 0 Å². The van der Waals surface area contributed by atoms with Gasteiger partial charge in [0, 0.05) is 0 Å². The van der Waals surface area contributed by atoms with Crippen LogP contribution in [-0.2, 0) is 28.7 Å². The summed E-state index contributed by atoms with van der Waals surface area (Å²) in [5.74, 6) is -4.34. The molecule has 1 aliphatic rings. The van der Waals surface area contributed by atoms with E-state index < -0.39 is 35.5 Å². The summed E-state index contributed by atoms with van der Waals surface area (Å²) < 4.78 is 8.95. The third kappa shape index (κ3) is 1.71. The maximum atomic E-state index is 11.1. The maximum Gasteiger partial charge on any atom is 0.314 e. The fourth-order valence-electron chi connectivity index (χ4n) is 2.06. The molecule has 0 heterocycles. The first-order valence-electron chi connectivity index (χ1n) is 4.55. The summed E-state index contributed by atoms with van der Waals surface area (Å²) in [6.45, 7) is 1.10. The van der Waals surface area contributed by atoms with Crippen molar-refractivity contribution in [3.05, 3.63) is 0 Å². The molecule has 94 valence electrons. The first-order chi connectivity index (χ1) is 7.91. The van der Waals surface area contributed by atoms with Crippen LogP contribution in [0.15, 0.2) is 0 Å². The SMILES string of the molecule is CC1(C(=O)O)C(OC=O)C(OC=O)C1C(=O)O. The van der Waals surface area contributed by atoms with E-state index in [0.717, 1.165) is 6.92 Å². The smallest absolute Gasteiger partial charge is 0.314 e. The molecule has 0 aromatic rings. The second kappa shape index (κ2) is 4.40. The molecule has 0 aromatic carbocycles. The molecule has 1 fully saturated rings. The number of carbonyl (C=O) groups excluding carboxylic acids is 2. The Bertz CT molecular complexity index is 364. The molecular weight excluding hydrogens is 236 g/mol. The number of aliphatic carboxylic acids is 2. The fraction of sp³-hybridized carbons (Fsp3) is 0.556. The number of hydrogen-bond donors (Lipinski definition) is 2. The number of hydrogen-bond acceptors (Lipinski definition) is 6. The lowest BCUT2D eigenvalue weighted by atomic mass is 9.56. The zero-order chi connectivity index (χ0) is 13.2. The second-order valence-electron chi connectivity index (χ2n) is 3.75. The lowest BCUT2D eigenvalue weighted by molar-refractivity contribution is -0.238. The molecule has 0 bridgehead atoms. The van der Waals surface area contributed by atoms with Gasteiger partial charge in [0.05, 0.1) is 0 Å². The Kier molecular flexibility index (Phi) is 3.35. The van der Waals surface area contributed by atoms with Crippen LogP contribution in [0.25, 0.3) is 0 Å². The normalized spacial score (nSPS) is 35.2. The van der Waals surface area contributed by atoms with Gasteiger partial charge in [-0.05, 0) is 6.92 Å². The minimum atomic E-state index is -1.82. The van der Waals surface area contributed by atoms with E-state index in [-0.39, 0.29) is 12.9 Å². The van der Waals surface area contributed by atoms with E-state index in [1.807, 2.05) is 0 Å². The Balaban J connectivity index is 3.07. The molecule has 8 nitrogen and oxygen atoms in total. The van der Waals surface area contributed by atoms with Crippen molar-refractivity contribution in [3.63, 3.8) is 0 Å². The molecule has 0 amide bonds. The lowest BCUT2D eigenvalue weighted by Gasteiger charge is -2.51. The summed E-state index contributed by atoms with van der Waals surface area (Å²) in [4.78, 5) is 42.4. The number of carboxylic acid groups (broad SMARTS) is 2. The minimum Gasteiger partial charge on any atom is -0.481 e. The summed E-state index contributed by atoms with van der Waals surface area (Å²) in [6.07, 6.45) is -2.61. The standard InChI is InChI=1S/C9H10O8/c1-9(8(14)15)4(7(12)13)5(16-2-10)6(9)17-3-11/h2-6H,1H3,(H,12,13)(H,14,15). The number of carboxylic acids is 2. The van der Waals surface area contributed by atoms with Crippen molar-refractivity contribution in [2.24, 2.45) is 11.3 Å². The van der Waals surface area contributed by atoms with Crippen molar-refractivity contribution in [2.45, 2.75) is 19.1 Å².